The third-order valence-corrected chi connectivity index (χ3v) is 2.52. The van der Waals surface area contributed by atoms with Crippen molar-refractivity contribution < 1.29 is 4.79 Å². The van der Waals surface area contributed by atoms with Crippen molar-refractivity contribution in [2.75, 3.05) is 24.6 Å². The highest BCUT2D eigenvalue weighted by molar-refractivity contribution is 5.99. The molecule has 0 aliphatic carbocycles. The summed E-state index contributed by atoms with van der Waals surface area (Å²) in [4.78, 5) is 15.4. The Morgan fingerprint density at radius 3 is 3.00 bits per heavy atom. The van der Waals surface area contributed by atoms with Crippen LogP contribution in [0.3, 0.4) is 0 Å². The quantitative estimate of drug-likeness (QED) is 0.686. The summed E-state index contributed by atoms with van der Waals surface area (Å²) in [7, 11) is 1.60. The van der Waals surface area contributed by atoms with Crippen molar-refractivity contribution in [1.29, 1.82) is 0 Å². The maximum absolute atomic E-state index is 11.2. The van der Waals surface area contributed by atoms with E-state index in [1.807, 2.05) is 18.2 Å². The molecule has 0 bridgehead atoms. The zero-order valence-corrected chi connectivity index (χ0v) is 9.53. The highest BCUT2D eigenvalue weighted by atomic mass is 16.1. The number of aromatic nitrogens is 1. The second-order valence-corrected chi connectivity index (χ2v) is 3.63. The van der Waals surface area contributed by atoms with Crippen LogP contribution >= 0.6 is 0 Å². The number of nitrogens with two attached hydrogens (primary N) is 1. The average molecular weight is 230 g/mol. The Hall–Kier alpha value is -2.30. The second-order valence-electron chi connectivity index (χ2n) is 3.63. The molecule has 1 amide bonds. The maximum atomic E-state index is 11.2. The number of hydrogen-bond acceptors (Lipinski definition) is 4. The lowest BCUT2D eigenvalue weighted by molar-refractivity contribution is -0.118. The monoisotopic (exact) mass is 230 g/mol. The highest BCUT2D eigenvalue weighted by Gasteiger charge is 2.05. The van der Waals surface area contributed by atoms with Crippen LogP contribution in [0.2, 0.25) is 0 Å². The summed E-state index contributed by atoms with van der Waals surface area (Å²) in [6.45, 7) is 0.227. The molecule has 4 N–H and O–H groups in total. The summed E-state index contributed by atoms with van der Waals surface area (Å²) >= 11 is 0. The number of fused-ring (bicyclic) bond motifs is 1. The van der Waals surface area contributed by atoms with Crippen LogP contribution in [0.5, 0.6) is 0 Å². The van der Waals surface area contributed by atoms with Gasteiger partial charge in [-0.05, 0) is 24.3 Å². The van der Waals surface area contributed by atoms with E-state index in [9.17, 15) is 4.79 Å². The molecule has 88 valence electrons. The number of rotatable bonds is 3. The number of pyridine rings is 1. The van der Waals surface area contributed by atoms with E-state index in [4.69, 9.17) is 5.73 Å². The molecule has 0 radical (unpaired) electrons. The number of nitrogens with one attached hydrogen (secondary N) is 2. The molecule has 1 aromatic carbocycles. The maximum Gasteiger partial charge on any atom is 0.239 e. The first-order chi connectivity index (χ1) is 8.22. The van der Waals surface area contributed by atoms with Crippen molar-refractivity contribution >= 4 is 28.2 Å². The van der Waals surface area contributed by atoms with E-state index in [0.717, 1.165) is 16.6 Å². The second kappa shape index (κ2) is 4.69. The Morgan fingerprint density at radius 1 is 1.41 bits per heavy atom. The summed E-state index contributed by atoms with van der Waals surface area (Å²) < 4.78 is 0. The molecule has 0 atom stereocenters. The van der Waals surface area contributed by atoms with Gasteiger partial charge < -0.3 is 16.4 Å². The number of hydrogen-bond donors (Lipinski definition) is 3. The average Bonchev–Trinajstić information content (AvgIpc) is 2.38. The standard InChI is InChI=1S/C12H14N4O/c1-14-11(17)7-16-10-5-4-9(13)12-8(10)3-2-6-15-12/h2-6,16H,7,13H2,1H3,(H,14,17). The molecule has 0 saturated heterocycles. The van der Waals surface area contributed by atoms with Crippen LogP contribution < -0.4 is 16.4 Å². The molecular formula is C12H14N4O. The predicted molar refractivity (Wildman–Crippen MR) is 68.7 cm³/mol. The molecule has 17 heavy (non-hydrogen) atoms. The van der Waals surface area contributed by atoms with Gasteiger partial charge in [0.1, 0.15) is 0 Å². The number of nitrogen functional groups attached to an aromatic ring is 1. The fourth-order valence-corrected chi connectivity index (χ4v) is 1.61. The molecular weight excluding hydrogens is 216 g/mol. The van der Waals surface area contributed by atoms with Crippen molar-refractivity contribution in [2.24, 2.45) is 0 Å². The summed E-state index contributed by atoms with van der Waals surface area (Å²) in [6, 6.07) is 7.39. The van der Waals surface area contributed by atoms with Crippen molar-refractivity contribution in [1.82, 2.24) is 10.3 Å². The van der Waals surface area contributed by atoms with Gasteiger partial charge in [-0.1, -0.05) is 0 Å². The fraction of sp³-hybridized carbons (Fsp3) is 0.167. The first-order valence-corrected chi connectivity index (χ1v) is 5.30. The molecule has 0 fully saturated rings. The van der Waals surface area contributed by atoms with E-state index in [-0.39, 0.29) is 12.5 Å². The number of carbonyl (C=O) groups is 1. The highest BCUT2D eigenvalue weighted by Crippen LogP contribution is 2.25. The lowest BCUT2D eigenvalue weighted by Crippen LogP contribution is -2.26. The van der Waals surface area contributed by atoms with Gasteiger partial charge in [-0.2, -0.15) is 0 Å². The largest absolute Gasteiger partial charge is 0.397 e. The van der Waals surface area contributed by atoms with Crippen molar-refractivity contribution in [3.05, 3.63) is 30.5 Å². The van der Waals surface area contributed by atoms with Crippen LogP contribution in [0.25, 0.3) is 10.9 Å². The molecule has 0 unspecified atom stereocenters. The van der Waals surface area contributed by atoms with Gasteiger partial charge in [0.25, 0.3) is 0 Å². The Labute approximate surface area is 99.0 Å². The van der Waals surface area contributed by atoms with Gasteiger partial charge in [-0.3, -0.25) is 9.78 Å². The van der Waals surface area contributed by atoms with Crippen LogP contribution in [0, 0.1) is 0 Å². The molecule has 0 aliphatic rings. The Bertz CT molecular complexity index is 553. The van der Waals surface area contributed by atoms with Gasteiger partial charge >= 0.3 is 0 Å². The molecule has 2 rings (SSSR count). The lowest BCUT2D eigenvalue weighted by atomic mass is 10.1. The Balaban J connectivity index is 2.35. The molecule has 0 aliphatic heterocycles. The summed E-state index contributed by atoms with van der Waals surface area (Å²) in [6.07, 6.45) is 1.70. The van der Waals surface area contributed by atoms with Crippen molar-refractivity contribution in [3.8, 4) is 0 Å². The van der Waals surface area contributed by atoms with E-state index < -0.39 is 0 Å². The van der Waals surface area contributed by atoms with Gasteiger partial charge in [-0.15, -0.1) is 0 Å². The van der Waals surface area contributed by atoms with Crippen molar-refractivity contribution in [2.45, 2.75) is 0 Å². The van der Waals surface area contributed by atoms with Crippen LogP contribution in [0.4, 0.5) is 11.4 Å². The zero-order chi connectivity index (χ0) is 12.3. The van der Waals surface area contributed by atoms with E-state index in [0.29, 0.717) is 5.69 Å². The Kier molecular flexibility index (Phi) is 3.09. The van der Waals surface area contributed by atoms with Gasteiger partial charge in [0.2, 0.25) is 5.91 Å². The summed E-state index contributed by atoms with van der Waals surface area (Å²) in [5, 5.41) is 6.52. The molecule has 1 aromatic heterocycles. The summed E-state index contributed by atoms with van der Waals surface area (Å²) in [5.74, 6) is -0.0705. The normalized spacial score (nSPS) is 10.2. The smallest absolute Gasteiger partial charge is 0.239 e. The van der Waals surface area contributed by atoms with Crippen molar-refractivity contribution in [3.63, 3.8) is 0 Å². The van der Waals surface area contributed by atoms with Crippen LogP contribution in [-0.2, 0) is 4.79 Å². The SMILES string of the molecule is CNC(=O)CNc1ccc(N)c2ncccc12. The number of amides is 1. The number of nitrogens with zero attached hydrogens (tertiary/aromatic N) is 1. The van der Waals surface area contributed by atoms with Crippen LogP contribution in [0.1, 0.15) is 0 Å². The third kappa shape index (κ3) is 2.28. The first-order valence-electron chi connectivity index (χ1n) is 5.30. The van der Waals surface area contributed by atoms with E-state index >= 15 is 0 Å². The first kappa shape index (κ1) is 11.2. The molecule has 0 spiro atoms. The van der Waals surface area contributed by atoms with Gasteiger partial charge in [0, 0.05) is 24.3 Å². The lowest BCUT2D eigenvalue weighted by Gasteiger charge is -2.09. The summed E-state index contributed by atoms with van der Waals surface area (Å²) in [5.41, 5.74) is 8.07. The number of benzene rings is 1. The predicted octanol–water partition coefficient (Wildman–Crippen LogP) is 0.975. The zero-order valence-electron chi connectivity index (χ0n) is 9.53. The van der Waals surface area contributed by atoms with Crippen LogP contribution in [0.15, 0.2) is 30.5 Å². The minimum absolute atomic E-state index is 0.0705. The third-order valence-electron chi connectivity index (χ3n) is 2.52. The van der Waals surface area contributed by atoms with Gasteiger partial charge in [-0.25, -0.2) is 0 Å². The van der Waals surface area contributed by atoms with Gasteiger partial charge in [0.05, 0.1) is 17.7 Å². The molecule has 2 aromatic rings. The van der Waals surface area contributed by atoms with E-state index in [1.54, 1.807) is 19.3 Å². The number of carbonyl (C=O) groups excluding carboxylic acids is 1. The van der Waals surface area contributed by atoms with E-state index in [2.05, 4.69) is 15.6 Å². The minimum Gasteiger partial charge on any atom is -0.397 e. The molecule has 5 nitrogen and oxygen atoms in total. The van der Waals surface area contributed by atoms with Crippen LogP contribution in [-0.4, -0.2) is 24.5 Å². The minimum atomic E-state index is -0.0705. The molecule has 1 heterocycles. The number of anilines is 2. The molecule has 5 heteroatoms. The topological polar surface area (TPSA) is 80.0 Å². The van der Waals surface area contributed by atoms with E-state index in [1.165, 1.54) is 0 Å². The fourth-order valence-electron chi connectivity index (χ4n) is 1.61. The number of likely N-dealkylation sites (N-methyl/N-ethyl adjacent to an activating group) is 1. The van der Waals surface area contributed by atoms with Gasteiger partial charge in [0.15, 0.2) is 0 Å². The molecule has 0 saturated carbocycles. The Morgan fingerprint density at radius 2 is 2.24 bits per heavy atom.